The molecule has 0 aliphatic rings. The van der Waals surface area contributed by atoms with E-state index >= 15 is 0 Å². The molecule has 0 aromatic carbocycles. The monoisotopic (exact) mass is 842 g/mol. The smallest absolute Gasteiger partial charge is 0 e. The fourth-order valence-corrected chi connectivity index (χ4v) is 0. The second-order valence-electron chi connectivity index (χ2n) is 0. The summed E-state index contributed by atoms with van der Waals surface area (Å²) in [4.78, 5) is 0. The summed E-state index contributed by atoms with van der Waals surface area (Å²) in [5, 5.41) is 0. The third kappa shape index (κ3) is 22.5. The Morgan fingerprint density at radius 3 is 0.500 bits per heavy atom. The van der Waals surface area contributed by atoms with Gasteiger partial charge in [0, 0.05) is 192 Å². The molecule has 0 saturated carbocycles. The summed E-state index contributed by atoms with van der Waals surface area (Å²) in [5.74, 6) is 0. The number of rotatable bonds is 0. The van der Waals surface area contributed by atoms with Gasteiger partial charge in [-0.05, 0) is 0 Å². The minimum absolute atomic E-state index is 0. The van der Waals surface area contributed by atoms with Gasteiger partial charge in [-0.15, -0.1) is 0 Å². The van der Waals surface area contributed by atoms with Crippen molar-refractivity contribution in [2.24, 2.45) is 0 Å². The fourth-order valence-electron chi connectivity index (χ4n) is 0. The Labute approximate surface area is 186 Å². The summed E-state index contributed by atoms with van der Waals surface area (Å²) >= 11 is 0. The molecule has 6 heteroatoms. The molecular formula is CsHgI4. The molecule has 0 saturated heterocycles. The van der Waals surface area contributed by atoms with Gasteiger partial charge < -0.3 is 0 Å². The predicted molar refractivity (Wildman–Crippen MR) is 61.8 cm³/mol. The number of hydrogen-bond donors (Lipinski definition) is 0. The zero-order valence-corrected chi connectivity index (χ0v) is 23.6. The van der Waals surface area contributed by atoms with E-state index in [0.717, 1.165) is 0 Å². The van der Waals surface area contributed by atoms with E-state index in [9.17, 15) is 0 Å². The van der Waals surface area contributed by atoms with Crippen molar-refractivity contribution in [1.82, 2.24) is 0 Å². The Morgan fingerprint density at radius 1 is 0.500 bits per heavy atom. The SMILES string of the molecule is [Cs].[Hg].[I].[I].[I].[I]. The van der Waals surface area contributed by atoms with Gasteiger partial charge in [0.15, 0.2) is 0 Å². The normalized spacial score (nSPS) is 0. The molecule has 0 bridgehead atoms. The quantitative estimate of drug-likeness (QED) is 0.260. The van der Waals surface area contributed by atoms with E-state index in [-0.39, 0.29) is 192 Å². The molecule has 0 nitrogen and oxygen atoms in total. The summed E-state index contributed by atoms with van der Waals surface area (Å²) in [6, 6.07) is 0. The summed E-state index contributed by atoms with van der Waals surface area (Å²) in [6.45, 7) is 0. The van der Waals surface area contributed by atoms with Gasteiger partial charge in [-0.2, -0.15) is 0 Å². The van der Waals surface area contributed by atoms with Crippen LogP contribution in [-0.2, 0) is 27.7 Å². The third-order valence-corrected chi connectivity index (χ3v) is 0. The average Bonchev–Trinajstić information content (AvgIpc) is 0. The third-order valence-electron chi connectivity index (χ3n) is 0. The van der Waals surface area contributed by atoms with E-state index in [2.05, 4.69) is 0 Å². The zero-order chi connectivity index (χ0) is 0. The molecule has 0 unspecified atom stereocenters. The van der Waals surface area contributed by atoms with Gasteiger partial charge in [0.1, 0.15) is 0 Å². The second kappa shape index (κ2) is 30.7. The van der Waals surface area contributed by atoms with E-state index in [1.165, 1.54) is 0 Å². The molecule has 0 N–H and O–H groups in total. The van der Waals surface area contributed by atoms with Crippen LogP contribution in [0.15, 0.2) is 0 Å². The zero-order valence-electron chi connectivity index (χ0n) is 3.22. The summed E-state index contributed by atoms with van der Waals surface area (Å²) < 4.78 is 0. The Hall–Kier alpha value is 5.91. The van der Waals surface area contributed by atoms with Gasteiger partial charge in [0.25, 0.3) is 0 Å². The van der Waals surface area contributed by atoms with Crippen LogP contribution >= 0.6 is 95.9 Å². The van der Waals surface area contributed by atoms with E-state index in [0.29, 0.717) is 0 Å². The maximum absolute atomic E-state index is 0. The fraction of sp³-hybridized carbons (Fsp3) is 0. The first-order valence-corrected chi connectivity index (χ1v) is 0. The van der Waals surface area contributed by atoms with Crippen LogP contribution < -0.4 is 0 Å². The van der Waals surface area contributed by atoms with Crippen molar-refractivity contribution in [3.63, 3.8) is 0 Å². The van der Waals surface area contributed by atoms with Crippen molar-refractivity contribution in [2.45, 2.75) is 0 Å². The molecular weight excluding hydrogens is 841 g/mol. The molecule has 0 heterocycles. The van der Waals surface area contributed by atoms with Crippen molar-refractivity contribution in [1.29, 1.82) is 0 Å². The molecule has 0 fully saturated rings. The Balaban J connectivity index is 0. The van der Waals surface area contributed by atoms with E-state index < -0.39 is 0 Å². The average molecular weight is 841 g/mol. The maximum atomic E-state index is 0. The number of halogens is 4. The largest absolute Gasteiger partial charge is 0 e. The molecule has 31 valence electrons. The molecule has 0 aromatic rings. The molecule has 0 atom stereocenters. The minimum atomic E-state index is 0. The van der Waals surface area contributed by atoms with Crippen LogP contribution in [0.1, 0.15) is 0 Å². The van der Waals surface area contributed by atoms with Crippen LogP contribution in [0.25, 0.3) is 0 Å². The Bertz CT molecular complexity index is 7.51. The predicted octanol–water partition coefficient (Wildman–Crippen LogP) is 3.16. The first kappa shape index (κ1) is 40.6. The van der Waals surface area contributed by atoms with Crippen LogP contribution in [0.2, 0.25) is 0 Å². The maximum Gasteiger partial charge on any atom is 0 e. The Kier molecular flexibility index (Phi) is 208. The molecule has 5 radical (unpaired) electrons. The molecule has 0 aromatic heterocycles. The Morgan fingerprint density at radius 2 is 0.500 bits per heavy atom. The molecule has 6 heavy (non-hydrogen) atoms. The number of hydrogen-bond acceptors (Lipinski definition) is 0. The van der Waals surface area contributed by atoms with Crippen molar-refractivity contribution in [2.75, 3.05) is 0 Å². The van der Waals surface area contributed by atoms with Crippen LogP contribution in [0, 0.1) is 0 Å². The summed E-state index contributed by atoms with van der Waals surface area (Å²) in [6.07, 6.45) is 0. The van der Waals surface area contributed by atoms with Crippen molar-refractivity contribution in [3.8, 4) is 0 Å². The van der Waals surface area contributed by atoms with Gasteiger partial charge >= 0.3 is 0 Å². The summed E-state index contributed by atoms with van der Waals surface area (Å²) in [5.41, 5.74) is 0. The van der Waals surface area contributed by atoms with Gasteiger partial charge in [0.2, 0.25) is 0 Å². The van der Waals surface area contributed by atoms with E-state index in [4.69, 9.17) is 0 Å². The van der Waals surface area contributed by atoms with Gasteiger partial charge in [-0.3, -0.25) is 0 Å². The first-order valence-electron chi connectivity index (χ1n) is 0. The summed E-state index contributed by atoms with van der Waals surface area (Å²) in [7, 11) is 0. The van der Waals surface area contributed by atoms with Gasteiger partial charge in [-0.1, -0.05) is 0 Å². The molecule has 0 amide bonds. The standard InChI is InChI=1S/Cs.Hg.4I. The van der Waals surface area contributed by atoms with Crippen molar-refractivity contribution >= 4 is 165 Å². The van der Waals surface area contributed by atoms with Gasteiger partial charge in [-0.25, -0.2) is 0 Å². The topological polar surface area (TPSA) is 0 Å². The van der Waals surface area contributed by atoms with Gasteiger partial charge in [0.05, 0.1) is 0 Å². The molecule has 0 aliphatic heterocycles. The van der Waals surface area contributed by atoms with Crippen LogP contribution in [0.4, 0.5) is 0 Å². The molecule has 0 rings (SSSR count). The van der Waals surface area contributed by atoms with Crippen LogP contribution in [0.5, 0.6) is 0 Å². The van der Waals surface area contributed by atoms with Crippen molar-refractivity contribution in [3.05, 3.63) is 0 Å². The first-order chi connectivity index (χ1) is 0. The van der Waals surface area contributed by atoms with Crippen LogP contribution in [0.3, 0.4) is 0 Å². The van der Waals surface area contributed by atoms with E-state index in [1.54, 1.807) is 0 Å². The minimum Gasteiger partial charge on any atom is 0 e. The van der Waals surface area contributed by atoms with E-state index in [1.807, 2.05) is 0 Å². The molecule has 0 spiro atoms. The second-order valence-corrected chi connectivity index (χ2v) is 0. The van der Waals surface area contributed by atoms with Crippen LogP contribution in [-0.4, -0.2) is 68.9 Å². The molecule has 0 aliphatic carbocycles. The van der Waals surface area contributed by atoms with Crippen molar-refractivity contribution < 1.29 is 27.7 Å².